The molecule has 3 rings (SSSR count). The van der Waals surface area contributed by atoms with Crippen LogP contribution in [0.15, 0.2) is 30.0 Å². The summed E-state index contributed by atoms with van der Waals surface area (Å²) in [7, 11) is 0. The Bertz CT molecular complexity index is 697. The van der Waals surface area contributed by atoms with E-state index in [9.17, 15) is 4.79 Å². The van der Waals surface area contributed by atoms with E-state index < -0.39 is 0 Å². The van der Waals surface area contributed by atoms with Gasteiger partial charge in [-0.05, 0) is 12.5 Å². The number of aryl methyl sites for hydroxylation is 1. The number of fused-ring (bicyclic) bond motifs is 1. The molecule has 1 amide bonds. The molecule has 0 bridgehead atoms. The van der Waals surface area contributed by atoms with Gasteiger partial charge < -0.3 is 5.32 Å². The highest BCUT2D eigenvalue weighted by Gasteiger charge is 2.12. The van der Waals surface area contributed by atoms with Crippen LogP contribution < -0.4 is 5.32 Å². The fourth-order valence-corrected chi connectivity index (χ4v) is 2.76. The smallest absolute Gasteiger partial charge is 0.269 e. The number of amides is 1. The Morgan fingerprint density at radius 2 is 2.40 bits per heavy atom. The van der Waals surface area contributed by atoms with E-state index in [1.807, 2.05) is 22.2 Å². The monoisotopic (exact) mass is 289 g/mol. The summed E-state index contributed by atoms with van der Waals surface area (Å²) in [6, 6.07) is 1.73. The van der Waals surface area contributed by atoms with E-state index in [4.69, 9.17) is 0 Å². The number of hydrogen-bond acceptors (Lipinski definition) is 4. The molecular formula is C13H15N5OS. The van der Waals surface area contributed by atoms with Gasteiger partial charge in [0, 0.05) is 30.5 Å². The molecule has 0 fully saturated rings. The number of rotatable bonds is 5. The minimum absolute atomic E-state index is 0.118. The summed E-state index contributed by atoms with van der Waals surface area (Å²) >= 11 is 1.57. The van der Waals surface area contributed by atoms with E-state index >= 15 is 0 Å². The molecule has 6 nitrogen and oxygen atoms in total. The first-order valence-electron chi connectivity index (χ1n) is 6.49. The minimum Gasteiger partial charge on any atom is -0.345 e. The van der Waals surface area contributed by atoms with Gasteiger partial charge in [-0.1, -0.05) is 6.92 Å². The van der Waals surface area contributed by atoms with Gasteiger partial charge >= 0.3 is 0 Å². The van der Waals surface area contributed by atoms with Gasteiger partial charge in [-0.3, -0.25) is 13.9 Å². The maximum absolute atomic E-state index is 12.1. The number of carbonyl (C=O) groups is 1. The van der Waals surface area contributed by atoms with Gasteiger partial charge in [0.2, 0.25) is 0 Å². The van der Waals surface area contributed by atoms with Gasteiger partial charge in [-0.2, -0.15) is 5.10 Å². The van der Waals surface area contributed by atoms with Gasteiger partial charge in [-0.15, -0.1) is 11.3 Å². The van der Waals surface area contributed by atoms with Crippen LogP contribution in [0.1, 0.15) is 29.5 Å². The lowest BCUT2D eigenvalue weighted by Crippen LogP contribution is -2.26. The topological polar surface area (TPSA) is 64.2 Å². The fourth-order valence-electron chi connectivity index (χ4n) is 2.04. The van der Waals surface area contributed by atoms with Crippen LogP contribution in [0.4, 0.5) is 0 Å². The second kappa shape index (κ2) is 5.46. The molecule has 0 atom stereocenters. The van der Waals surface area contributed by atoms with Gasteiger partial charge in [0.05, 0.1) is 12.2 Å². The number of nitrogens with zero attached hydrogens (tertiary/aromatic N) is 4. The van der Waals surface area contributed by atoms with Crippen LogP contribution in [-0.2, 0) is 13.1 Å². The van der Waals surface area contributed by atoms with Gasteiger partial charge in [0.25, 0.3) is 5.91 Å². The molecule has 0 aliphatic rings. The minimum atomic E-state index is -0.118. The van der Waals surface area contributed by atoms with Crippen LogP contribution in [0.25, 0.3) is 4.96 Å². The second-order valence-corrected chi connectivity index (χ2v) is 5.32. The summed E-state index contributed by atoms with van der Waals surface area (Å²) in [5, 5.41) is 9.01. The molecule has 0 aliphatic heterocycles. The number of nitrogens with one attached hydrogen (secondary N) is 1. The average molecular weight is 289 g/mol. The number of carbonyl (C=O) groups excluding carboxylic acids is 1. The summed E-state index contributed by atoms with van der Waals surface area (Å²) < 4.78 is 3.68. The van der Waals surface area contributed by atoms with E-state index in [1.165, 1.54) is 0 Å². The van der Waals surface area contributed by atoms with Crippen molar-refractivity contribution in [1.82, 2.24) is 24.5 Å². The maximum Gasteiger partial charge on any atom is 0.269 e. The average Bonchev–Trinajstić information content (AvgIpc) is 3.11. The van der Waals surface area contributed by atoms with Crippen LogP contribution in [0.2, 0.25) is 0 Å². The summed E-state index contributed by atoms with van der Waals surface area (Å²) in [6.07, 6.45) is 6.47. The van der Waals surface area contributed by atoms with Gasteiger partial charge in [0.1, 0.15) is 5.69 Å². The molecule has 0 spiro atoms. The van der Waals surface area contributed by atoms with Crippen molar-refractivity contribution in [3.63, 3.8) is 0 Å². The van der Waals surface area contributed by atoms with Crippen molar-refractivity contribution in [1.29, 1.82) is 0 Å². The number of aromatic nitrogens is 4. The van der Waals surface area contributed by atoms with Crippen molar-refractivity contribution < 1.29 is 4.79 Å². The highest BCUT2D eigenvalue weighted by Crippen LogP contribution is 2.11. The molecule has 20 heavy (non-hydrogen) atoms. The molecule has 0 saturated heterocycles. The summed E-state index contributed by atoms with van der Waals surface area (Å²) in [5.41, 5.74) is 1.44. The molecule has 0 saturated carbocycles. The summed E-state index contributed by atoms with van der Waals surface area (Å²) in [6.45, 7) is 3.22. The van der Waals surface area contributed by atoms with Crippen LogP contribution in [0.3, 0.4) is 0 Å². The van der Waals surface area contributed by atoms with Crippen molar-refractivity contribution in [2.45, 2.75) is 26.4 Å². The molecule has 0 aliphatic carbocycles. The van der Waals surface area contributed by atoms with Crippen LogP contribution in [0, 0.1) is 0 Å². The predicted molar refractivity (Wildman–Crippen MR) is 76.8 cm³/mol. The highest BCUT2D eigenvalue weighted by molar-refractivity contribution is 7.15. The summed E-state index contributed by atoms with van der Waals surface area (Å²) in [4.78, 5) is 17.5. The van der Waals surface area contributed by atoms with Crippen LogP contribution >= 0.6 is 11.3 Å². The molecule has 7 heteroatoms. The lowest BCUT2D eigenvalue weighted by atomic mass is 10.3. The van der Waals surface area contributed by atoms with E-state index in [2.05, 4.69) is 22.3 Å². The predicted octanol–water partition coefficient (Wildman–Crippen LogP) is 1.93. The highest BCUT2D eigenvalue weighted by atomic mass is 32.1. The van der Waals surface area contributed by atoms with Crippen LogP contribution in [-0.4, -0.2) is 25.1 Å². The van der Waals surface area contributed by atoms with Crippen molar-refractivity contribution in [3.05, 3.63) is 41.4 Å². The van der Waals surface area contributed by atoms with E-state index in [-0.39, 0.29) is 5.91 Å². The molecule has 1 N–H and O–H groups in total. The lowest BCUT2D eigenvalue weighted by Gasteiger charge is -2.06. The molecule has 3 aromatic heterocycles. The number of hydrogen-bond donors (Lipinski definition) is 1. The quantitative estimate of drug-likeness (QED) is 0.780. The first-order chi connectivity index (χ1) is 9.78. The Morgan fingerprint density at radius 3 is 3.20 bits per heavy atom. The van der Waals surface area contributed by atoms with Crippen molar-refractivity contribution >= 4 is 22.2 Å². The Kier molecular flexibility index (Phi) is 3.51. The van der Waals surface area contributed by atoms with Crippen LogP contribution in [0.5, 0.6) is 0 Å². The molecule has 3 heterocycles. The zero-order chi connectivity index (χ0) is 13.9. The molecule has 3 aromatic rings. The second-order valence-electron chi connectivity index (χ2n) is 4.45. The lowest BCUT2D eigenvalue weighted by molar-refractivity contribution is 0.0939. The van der Waals surface area contributed by atoms with Gasteiger partial charge in [0.15, 0.2) is 4.96 Å². The maximum atomic E-state index is 12.1. The zero-order valence-electron chi connectivity index (χ0n) is 11.1. The largest absolute Gasteiger partial charge is 0.345 e. The van der Waals surface area contributed by atoms with Crippen molar-refractivity contribution in [2.24, 2.45) is 0 Å². The van der Waals surface area contributed by atoms with E-state index in [1.54, 1.807) is 28.3 Å². The number of thiazole rings is 1. The fraction of sp³-hybridized carbons (Fsp3) is 0.308. The first kappa shape index (κ1) is 12.9. The molecule has 0 radical (unpaired) electrons. The third-order valence-corrected chi connectivity index (χ3v) is 3.73. The Labute approximate surface area is 120 Å². The van der Waals surface area contributed by atoms with E-state index in [0.29, 0.717) is 12.2 Å². The Balaban J connectivity index is 1.66. The third-order valence-electron chi connectivity index (χ3n) is 2.96. The normalized spacial score (nSPS) is 11.1. The van der Waals surface area contributed by atoms with Crippen molar-refractivity contribution in [3.8, 4) is 0 Å². The van der Waals surface area contributed by atoms with Gasteiger partial charge in [-0.25, -0.2) is 4.98 Å². The number of imidazole rings is 1. The Morgan fingerprint density at radius 1 is 1.50 bits per heavy atom. The molecule has 0 aromatic carbocycles. The molecule has 104 valence electrons. The summed E-state index contributed by atoms with van der Waals surface area (Å²) in [5.74, 6) is -0.118. The molecule has 0 unspecified atom stereocenters. The standard InChI is InChI=1S/C13H15N5OS/c1-2-5-18-11(3-4-15-18)12(19)14-8-10-9-17-6-7-20-13(17)16-10/h3-4,6-7,9H,2,5,8H2,1H3,(H,14,19). The third kappa shape index (κ3) is 2.44. The van der Waals surface area contributed by atoms with Crippen molar-refractivity contribution in [2.75, 3.05) is 0 Å². The van der Waals surface area contributed by atoms with E-state index in [0.717, 1.165) is 23.6 Å². The Hall–Kier alpha value is -2.15. The zero-order valence-corrected chi connectivity index (χ0v) is 11.9. The molecular weight excluding hydrogens is 274 g/mol. The SMILES string of the molecule is CCCn1nccc1C(=O)NCc1cn2ccsc2n1. The first-order valence-corrected chi connectivity index (χ1v) is 7.37.